The number of phenols is 1. The van der Waals surface area contributed by atoms with E-state index in [1.165, 1.54) is 75.4 Å². The first-order chi connectivity index (χ1) is 62.8. The van der Waals surface area contributed by atoms with Crippen molar-refractivity contribution >= 4 is 162 Å². The number of fused-ring (bicyclic) bond motifs is 4. The number of hydrogen-bond acceptors (Lipinski definition) is 25. The molecule has 24 N–H and O–H groups in total. The Kier molecular flexibility index (Phi) is 40.2. The summed E-state index contributed by atoms with van der Waals surface area (Å²) in [6.45, 7) is 3.55. The first kappa shape index (κ1) is 105. The lowest BCUT2D eigenvalue weighted by molar-refractivity contribution is -0.149. The van der Waals surface area contributed by atoms with E-state index in [9.17, 15) is 63.3 Å². The van der Waals surface area contributed by atoms with Crippen LogP contribution in [0.2, 0.25) is 0 Å². The molecule has 42 nitrogen and oxygen atoms in total. The van der Waals surface area contributed by atoms with Gasteiger partial charge in [-0.15, -0.1) is 23.1 Å². The third-order valence-electron chi connectivity index (χ3n) is 23.2. The summed E-state index contributed by atoms with van der Waals surface area (Å²) in [6.07, 6.45) is 0.614. The summed E-state index contributed by atoms with van der Waals surface area (Å²) in [5.41, 5.74) is 25.0. The number of unbranched alkanes of at least 4 members (excludes halogenated alkanes) is 1. The van der Waals surface area contributed by atoms with Crippen LogP contribution in [-0.2, 0) is 101 Å². The number of nitrogens with one attached hydrogen (secondary N) is 13. The number of aliphatic hydroxyl groups excluding tert-OH is 2. The highest BCUT2D eigenvalue weighted by molar-refractivity contribution is 8.00. The van der Waals surface area contributed by atoms with Crippen molar-refractivity contribution in [2.75, 3.05) is 84.0 Å². The summed E-state index contributed by atoms with van der Waals surface area (Å²) in [4.78, 5) is 257. The Morgan fingerprint density at radius 3 is 1.86 bits per heavy atom. The van der Waals surface area contributed by atoms with Crippen LogP contribution < -0.4 is 81.4 Å². The van der Waals surface area contributed by atoms with E-state index in [1.807, 2.05) is 25.1 Å². The minimum absolute atomic E-state index is 0.0143. The normalized spacial score (nSPS) is 25.1. The van der Waals surface area contributed by atoms with Crippen LogP contribution in [0.1, 0.15) is 115 Å². The van der Waals surface area contributed by atoms with Crippen LogP contribution in [0.15, 0.2) is 84.4 Å². The third kappa shape index (κ3) is 29.4. The van der Waals surface area contributed by atoms with E-state index in [-0.39, 0.29) is 101 Å². The molecule has 5 heterocycles. The highest BCUT2D eigenvalue weighted by Gasteiger charge is 2.47. The number of benzene rings is 3. The first-order valence-electron chi connectivity index (χ1n) is 43.7. The molecule has 0 spiro atoms. The van der Waals surface area contributed by atoms with E-state index in [0.717, 1.165) is 41.0 Å². The monoisotopic (exact) mass is 1890 g/mol. The molecule has 45 heteroatoms. The number of aliphatic hydroxyl groups is 2. The number of thioether (sulfide) groups is 2. The number of para-hydroxylation sites is 1. The van der Waals surface area contributed by atoms with Crippen molar-refractivity contribution in [2.45, 2.75) is 208 Å². The van der Waals surface area contributed by atoms with E-state index in [4.69, 9.17) is 28.3 Å². The average Bonchev–Trinajstić information content (AvgIpc) is 1.22. The number of H-pyrrole nitrogens is 1. The van der Waals surface area contributed by atoms with Crippen molar-refractivity contribution in [3.8, 4) is 5.75 Å². The molecule has 5 aromatic rings. The van der Waals surface area contributed by atoms with E-state index < -0.39 is 241 Å². The van der Waals surface area contributed by atoms with E-state index in [1.54, 1.807) is 62.0 Å². The Morgan fingerprint density at radius 1 is 0.598 bits per heavy atom. The lowest BCUT2D eigenvalue weighted by Crippen LogP contribution is -2.62. The topological polar surface area (TPSA) is 643 Å². The molecule has 720 valence electrons. The molecule has 3 fully saturated rings. The number of nitrogens with two attached hydrogens (primary N) is 4. The summed E-state index contributed by atoms with van der Waals surface area (Å²) < 4.78 is 0.809. The molecule has 0 radical (unpaired) electrons. The number of aromatic hydroxyl groups is 1. The van der Waals surface area contributed by atoms with Crippen molar-refractivity contribution in [1.82, 2.24) is 88.0 Å². The molecule has 0 aliphatic carbocycles. The van der Waals surface area contributed by atoms with Gasteiger partial charge >= 0.3 is 0 Å². The van der Waals surface area contributed by atoms with Gasteiger partial charge in [0.05, 0.1) is 31.4 Å². The van der Waals surface area contributed by atoms with Gasteiger partial charge in [0.15, 0.2) is 5.96 Å². The van der Waals surface area contributed by atoms with Gasteiger partial charge in [-0.1, -0.05) is 82.1 Å². The lowest BCUT2D eigenvalue weighted by atomic mass is 10.0. The van der Waals surface area contributed by atoms with Gasteiger partial charge < -0.3 is 126 Å². The van der Waals surface area contributed by atoms with Gasteiger partial charge in [-0.3, -0.25) is 86.9 Å². The molecule has 2 unspecified atom stereocenters. The Bertz CT molecular complexity index is 4960. The zero-order valence-corrected chi connectivity index (χ0v) is 77.6. The van der Waals surface area contributed by atoms with Crippen LogP contribution in [0, 0.1) is 11.3 Å². The zero-order chi connectivity index (χ0) is 96.9. The number of rotatable bonds is 25. The summed E-state index contributed by atoms with van der Waals surface area (Å²) >= 11 is 3.43. The summed E-state index contributed by atoms with van der Waals surface area (Å²) in [7, 11) is 3.89. The van der Waals surface area contributed by atoms with Gasteiger partial charge in [0, 0.05) is 101 Å². The van der Waals surface area contributed by atoms with Crippen LogP contribution in [0.25, 0.3) is 21.0 Å². The van der Waals surface area contributed by atoms with Crippen LogP contribution in [0.4, 0.5) is 0 Å². The van der Waals surface area contributed by atoms with Gasteiger partial charge in [0.25, 0.3) is 0 Å². The van der Waals surface area contributed by atoms with Crippen molar-refractivity contribution in [2.24, 2.45) is 28.9 Å². The van der Waals surface area contributed by atoms with E-state index >= 15 is 33.6 Å². The Morgan fingerprint density at radius 2 is 1.19 bits per heavy atom. The number of aromatic amines is 1. The average molecular weight is 1890 g/mol. The number of nitrogens with zero attached hydrogens (tertiary/aromatic N) is 5. The molecule has 3 aromatic carbocycles. The van der Waals surface area contributed by atoms with Gasteiger partial charge in [0.1, 0.15) is 90.3 Å². The molecule has 0 saturated carbocycles. The van der Waals surface area contributed by atoms with Gasteiger partial charge in [0.2, 0.25) is 100 Å². The Labute approximate surface area is 776 Å². The number of likely N-dealkylation sites (N-methyl/N-ethyl adjacent to an activating group) is 3. The summed E-state index contributed by atoms with van der Waals surface area (Å²) in [5.74, 6) is -17.9. The van der Waals surface area contributed by atoms with Crippen LogP contribution in [-0.4, -0.2) is 326 Å². The number of thiophene rings is 1. The highest BCUT2D eigenvalue weighted by atomic mass is 32.2. The predicted octanol–water partition coefficient (Wildman–Crippen LogP) is -3.64. The number of phenolic OH excluding ortho intramolecular Hbond substituents is 1. The largest absolute Gasteiger partial charge is 0.508 e. The van der Waals surface area contributed by atoms with Crippen molar-refractivity contribution in [3.63, 3.8) is 0 Å². The second-order valence-corrected chi connectivity index (χ2v) is 36.4. The SMILES string of the molecule is CCCC[C@H]1C(=O)N[C@@H](CCCNC(=N)N)C(=O)NC(C(=O)NCC(N)=O)CSCC(=O)N[C@@H](Cc2ccc(O)cc2)C(=O)N(C)[C@@H](C)C(=O)N[C@@H](CC(N)=O)C(=O)N2CCC[C@H]2C(=O)N[C@@H](CN)C(=O)N[C@@H](CC(C)C)C(=O)N2C[C@H](O)CC2C(=O)N[C@@H](Cc2c[nH]c3ccccc23)C(=O)N[C@@H](CO)C(=O)N[C@@H](Cc2csc3ccccc23)C(=O)N(C)[C@@H](CCSC)C(=O)N1C. The molecule has 2 aromatic heterocycles. The zero-order valence-electron chi connectivity index (χ0n) is 75.1. The van der Waals surface area contributed by atoms with Crippen molar-refractivity contribution in [3.05, 3.63) is 101 Å². The number of hydrogen-bond donors (Lipinski definition) is 20. The Balaban J connectivity index is 1.19. The molecule has 17 amide bonds. The quantitative estimate of drug-likeness (QED) is 0.0152. The van der Waals surface area contributed by atoms with Gasteiger partial charge in [-0.2, -0.15) is 11.8 Å². The molecule has 3 aliphatic rings. The number of aromatic nitrogens is 1. The van der Waals surface area contributed by atoms with Gasteiger partial charge in [-0.25, -0.2) is 0 Å². The van der Waals surface area contributed by atoms with E-state index in [2.05, 4.69) is 63.5 Å². The standard InChI is InChI=1S/C87H124N22O20S3/c1-9-10-21-65-79(122)97-56(20-15-29-93-87(91)92)75(118)104-64(74(117)95-40-71(90)114)44-131-45-72(115)96-59(33-48-24-26-51(111)27-25-48)82(125)105(5)47(4)73(116)99-61(37-70(89)113)84(127)108-30-16-22-66(108)80(123)102-62(38-88)77(120)100-58(32-46(2)3)85(128)109-41-52(112)36-68(109)81(124)98-57(34-49-39-94-55-19-13-11-17-53(49)55)76(119)103-63(42-110)78(121)101-60(35-50-43-132-69-23-14-12-18-54(50)69)83(126)107(7)67(28-31-130-8)86(129)106(65)6/h11-14,17-19,23-27,39,43,46-47,52,56-68,94,110-112H,9-10,15-16,20-22,28-38,40-42,44-45,88H2,1-8H3,(H2,89,113)(H2,90,114)(H,95,117)(H,96,115)(H,97,122)(H,98,124)(H,99,116)(H,100,120)(H,101,121)(H,102,123)(H,103,119)(H,104,118)(H4,91,92,93)/t47-,52+,56-,57-,58-,59-,60-,61-,62-,63-,64?,65-,66-,67-,68?/m0/s1. The second-order valence-electron chi connectivity index (χ2n) is 33.5. The van der Waals surface area contributed by atoms with E-state index in [0.29, 0.717) is 45.8 Å². The Hall–Kier alpha value is -12.2. The molecule has 132 heavy (non-hydrogen) atoms. The molecule has 3 aliphatic heterocycles. The number of primary amides is 2. The first-order valence-corrected chi connectivity index (χ1v) is 47.1. The molecular formula is C87H124N22O20S3. The maximum atomic E-state index is 15.7. The summed E-state index contributed by atoms with van der Waals surface area (Å²) in [6, 6.07) is -2.09. The van der Waals surface area contributed by atoms with Crippen molar-refractivity contribution < 1.29 is 96.8 Å². The number of carbonyl (C=O) groups excluding carboxylic acids is 17. The minimum Gasteiger partial charge on any atom is -0.508 e. The van der Waals surface area contributed by atoms with Crippen molar-refractivity contribution in [1.29, 1.82) is 5.41 Å². The minimum atomic E-state index is -1.88. The predicted molar refractivity (Wildman–Crippen MR) is 494 cm³/mol. The number of amides is 17. The lowest BCUT2D eigenvalue weighted by Gasteiger charge is -2.36. The van der Waals surface area contributed by atoms with Crippen LogP contribution in [0.5, 0.6) is 5.75 Å². The second kappa shape index (κ2) is 50.4. The molecular weight excluding hydrogens is 1770 g/mol. The number of carbonyl (C=O) groups is 17. The molecule has 0 bridgehead atoms. The summed E-state index contributed by atoms with van der Waals surface area (Å²) in [5, 5.41) is 72.4. The molecule has 3 saturated heterocycles. The molecule has 8 rings (SSSR count). The fraction of sp³-hybridized carbons (Fsp3) is 0.540. The maximum absolute atomic E-state index is 15.7. The smallest absolute Gasteiger partial charge is 0.246 e. The van der Waals surface area contributed by atoms with Crippen LogP contribution >= 0.6 is 34.9 Å². The van der Waals surface area contributed by atoms with Gasteiger partial charge in [-0.05, 0) is 122 Å². The molecule has 15 atom stereocenters. The highest BCUT2D eigenvalue weighted by Crippen LogP contribution is 2.30. The third-order valence-corrected chi connectivity index (χ3v) is 25.9. The fourth-order valence-electron chi connectivity index (χ4n) is 15.9. The number of guanidine groups is 1. The van der Waals surface area contributed by atoms with Crippen LogP contribution in [0.3, 0.4) is 0 Å². The maximum Gasteiger partial charge on any atom is 0.246 e. The fourth-order valence-corrected chi connectivity index (χ4v) is 18.2.